The summed E-state index contributed by atoms with van der Waals surface area (Å²) in [6, 6.07) is 9.99. The van der Waals surface area contributed by atoms with Gasteiger partial charge in [0.05, 0.1) is 0 Å². The van der Waals surface area contributed by atoms with Gasteiger partial charge in [-0.05, 0) is 37.8 Å². The molecule has 0 spiro atoms. The topological polar surface area (TPSA) is 26.3 Å². The Labute approximate surface area is 102 Å². The Balaban J connectivity index is 1.73. The van der Waals surface area contributed by atoms with Crippen LogP contribution in [0.2, 0.25) is 0 Å². The zero-order valence-corrected chi connectivity index (χ0v) is 9.97. The smallest absolute Gasteiger partial charge is 0.136 e. The lowest BCUT2D eigenvalue weighted by atomic mass is 9.79. The van der Waals surface area contributed by atoms with E-state index in [1.807, 2.05) is 30.3 Å². The van der Waals surface area contributed by atoms with Gasteiger partial charge in [-0.3, -0.25) is 4.79 Å². The van der Waals surface area contributed by atoms with Gasteiger partial charge in [0.25, 0.3) is 0 Å². The summed E-state index contributed by atoms with van der Waals surface area (Å²) in [5, 5.41) is 0. The zero-order chi connectivity index (χ0) is 11.7. The van der Waals surface area contributed by atoms with Crippen LogP contribution in [0, 0.1) is 11.8 Å². The maximum absolute atomic E-state index is 11.8. The van der Waals surface area contributed by atoms with E-state index in [1.54, 1.807) is 0 Å². The van der Waals surface area contributed by atoms with E-state index in [1.165, 1.54) is 0 Å². The highest BCUT2D eigenvalue weighted by Gasteiger charge is 2.42. The quantitative estimate of drug-likeness (QED) is 0.779. The van der Waals surface area contributed by atoms with Gasteiger partial charge in [-0.25, -0.2) is 0 Å². The third kappa shape index (κ3) is 2.08. The van der Waals surface area contributed by atoms with E-state index in [0.717, 1.165) is 37.9 Å². The molecule has 0 bridgehead atoms. The van der Waals surface area contributed by atoms with E-state index in [9.17, 15) is 4.79 Å². The molecule has 0 aromatic heterocycles. The van der Waals surface area contributed by atoms with Crippen LogP contribution in [0.4, 0.5) is 0 Å². The summed E-state index contributed by atoms with van der Waals surface area (Å²) in [6.45, 7) is 0. The number of ether oxygens (including phenoxy) is 1. The van der Waals surface area contributed by atoms with Gasteiger partial charge in [0.15, 0.2) is 0 Å². The average molecular weight is 230 g/mol. The molecule has 0 saturated heterocycles. The predicted octanol–water partition coefficient (Wildman–Crippen LogP) is 3.21. The van der Waals surface area contributed by atoms with Gasteiger partial charge in [-0.1, -0.05) is 18.2 Å². The number of para-hydroxylation sites is 1. The lowest BCUT2D eigenvalue weighted by Crippen LogP contribution is -2.35. The first kappa shape index (κ1) is 10.8. The number of rotatable bonds is 2. The summed E-state index contributed by atoms with van der Waals surface area (Å²) in [7, 11) is 0. The fourth-order valence-electron chi connectivity index (χ4n) is 3.33. The highest BCUT2D eigenvalue weighted by molar-refractivity contribution is 5.83. The SMILES string of the molecule is O=C1CC[C@@H]2[C@@H](Oc3ccccc3)CCC[C@@H]12. The van der Waals surface area contributed by atoms with Crippen molar-refractivity contribution in [1.29, 1.82) is 0 Å². The fourth-order valence-corrected chi connectivity index (χ4v) is 3.33. The van der Waals surface area contributed by atoms with Crippen LogP contribution >= 0.6 is 0 Å². The molecule has 2 nitrogen and oxygen atoms in total. The highest BCUT2D eigenvalue weighted by Crippen LogP contribution is 2.41. The number of hydrogen-bond acceptors (Lipinski definition) is 2. The van der Waals surface area contributed by atoms with Crippen molar-refractivity contribution in [3.63, 3.8) is 0 Å². The monoisotopic (exact) mass is 230 g/mol. The van der Waals surface area contributed by atoms with Gasteiger partial charge < -0.3 is 4.74 Å². The van der Waals surface area contributed by atoms with E-state index in [2.05, 4.69) is 0 Å². The molecule has 0 radical (unpaired) electrons. The minimum Gasteiger partial charge on any atom is -0.490 e. The summed E-state index contributed by atoms with van der Waals surface area (Å²) < 4.78 is 6.07. The molecule has 2 aliphatic rings. The standard InChI is InChI=1S/C15H18O2/c16-14-10-9-13-12(14)7-4-8-15(13)17-11-5-2-1-3-6-11/h1-3,5-6,12-13,15H,4,7-10H2/t12-,13+,15+/m1/s1. The Kier molecular flexibility index (Phi) is 2.87. The third-order valence-corrected chi connectivity index (χ3v) is 4.17. The molecule has 2 fully saturated rings. The lowest BCUT2D eigenvalue weighted by molar-refractivity contribution is -0.122. The third-order valence-electron chi connectivity index (χ3n) is 4.17. The number of fused-ring (bicyclic) bond motifs is 1. The molecule has 2 aliphatic carbocycles. The lowest BCUT2D eigenvalue weighted by Gasteiger charge is -2.33. The van der Waals surface area contributed by atoms with Gasteiger partial charge in [0, 0.05) is 18.3 Å². The van der Waals surface area contributed by atoms with Crippen LogP contribution in [0.25, 0.3) is 0 Å². The molecule has 1 aromatic carbocycles. The van der Waals surface area contributed by atoms with Crippen LogP contribution in [-0.2, 0) is 4.79 Å². The van der Waals surface area contributed by atoms with Crippen molar-refractivity contribution in [3.05, 3.63) is 30.3 Å². The molecule has 0 N–H and O–H groups in total. The minimum absolute atomic E-state index is 0.252. The first-order valence-electron chi connectivity index (χ1n) is 6.59. The van der Waals surface area contributed by atoms with E-state index >= 15 is 0 Å². The molecule has 1 aromatic rings. The van der Waals surface area contributed by atoms with Crippen LogP contribution in [0.15, 0.2) is 30.3 Å². The molecule has 17 heavy (non-hydrogen) atoms. The van der Waals surface area contributed by atoms with Gasteiger partial charge in [-0.2, -0.15) is 0 Å². The number of benzene rings is 1. The summed E-state index contributed by atoms with van der Waals surface area (Å²) >= 11 is 0. The molecule has 3 atom stereocenters. The molecule has 0 heterocycles. The van der Waals surface area contributed by atoms with Crippen LogP contribution in [0.5, 0.6) is 5.75 Å². The predicted molar refractivity (Wildman–Crippen MR) is 65.9 cm³/mol. The number of carbonyl (C=O) groups is 1. The number of ketones is 1. The van der Waals surface area contributed by atoms with E-state index in [4.69, 9.17) is 4.74 Å². The number of hydrogen-bond donors (Lipinski definition) is 0. The normalized spacial score (nSPS) is 32.2. The Morgan fingerprint density at radius 1 is 1.06 bits per heavy atom. The molecular weight excluding hydrogens is 212 g/mol. The van der Waals surface area contributed by atoms with Crippen LogP contribution in [-0.4, -0.2) is 11.9 Å². The van der Waals surface area contributed by atoms with Crippen LogP contribution in [0.1, 0.15) is 32.1 Å². The summed E-state index contributed by atoms with van der Waals surface area (Å²) in [5.74, 6) is 2.17. The van der Waals surface area contributed by atoms with E-state index in [-0.39, 0.29) is 12.0 Å². The Morgan fingerprint density at radius 3 is 2.71 bits per heavy atom. The van der Waals surface area contributed by atoms with Crippen LogP contribution in [0.3, 0.4) is 0 Å². The molecule has 2 saturated carbocycles. The van der Waals surface area contributed by atoms with E-state index < -0.39 is 0 Å². The molecule has 3 rings (SSSR count). The van der Waals surface area contributed by atoms with Crippen molar-refractivity contribution in [2.24, 2.45) is 11.8 Å². The van der Waals surface area contributed by atoms with Crippen molar-refractivity contribution in [2.45, 2.75) is 38.2 Å². The van der Waals surface area contributed by atoms with Crippen LogP contribution < -0.4 is 4.74 Å². The Hall–Kier alpha value is -1.31. The Morgan fingerprint density at radius 2 is 1.88 bits per heavy atom. The van der Waals surface area contributed by atoms with Crippen molar-refractivity contribution in [1.82, 2.24) is 0 Å². The molecule has 90 valence electrons. The number of Topliss-reactive ketones (excluding diaryl/α,β-unsaturated/α-hetero) is 1. The molecule has 0 amide bonds. The molecule has 0 aliphatic heterocycles. The van der Waals surface area contributed by atoms with Crippen molar-refractivity contribution in [2.75, 3.05) is 0 Å². The van der Waals surface area contributed by atoms with Crippen molar-refractivity contribution >= 4 is 5.78 Å². The highest BCUT2D eigenvalue weighted by atomic mass is 16.5. The average Bonchev–Trinajstić information content (AvgIpc) is 2.74. The van der Waals surface area contributed by atoms with Crippen molar-refractivity contribution < 1.29 is 9.53 Å². The summed E-state index contributed by atoms with van der Waals surface area (Å²) in [5.41, 5.74) is 0. The summed E-state index contributed by atoms with van der Waals surface area (Å²) in [6.07, 6.45) is 5.36. The minimum atomic E-state index is 0.252. The molecule has 0 unspecified atom stereocenters. The second kappa shape index (κ2) is 4.52. The zero-order valence-electron chi connectivity index (χ0n) is 9.97. The first-order valence-corrected chi connectivity index (χ1v) is 6.59. The Bertz CT molecular complexity index is 399. The second-order valence-electron chi connectivity index (χ2n) is 5.18. The van der Waals surface area contributed by atoms with E-state index in [0.29, 0.717) is 11.7 Å². The second-order valence-corrected chi connectivity index (χ2v) is 5.18. The van der Waals surface area contributed by atoms with Gasteiger partial charge in [0.1, 0.15) is 17.6 Å². The maximum Gasteiger partial charge on any atom is 0.136 e. The van der Waals surface area contributed by atoms with Gasteiger partial charge >= 0.3 is 0 Å². The molecule has 2 heteroatoms. The molecular formula is C15H18O2. The fraction of sp³-hybridized carbons (Fsp3) is 0.533. The largest absolute Gasteiger partial charge is 0.490 e. The van der Waals surface area contributed by atoms with Crippen molar-refractivity contribution in [3.8, 4) is 5.75 Å². The maximum atomic E-state index is 11.8. The van der Waals surface area contributed by atoms with Gasteiger partial charge in [0.2, 0.25) is 0 Å². The first-order chi connectivity index (χ1) is 8.34. The number of carbonyl (C=O) groups excluding carboxylic acids is 1. The summed E-state index contributed by atoms with van der Waals surface area (Å²) in [4.78, 5) is 11.8. The van der Waals surface area contributed by atoms with Gasteiger partial charge in [-0.15, -0.1) is 0 Å².